The van der Waals surface area contributed by atoms with Crippen molar-refractivity contribution in [2.75, 3.05) is 0 Å². The maximum absolute atomic E-state index is 6.48. The van der Waals surface area contributed by atoms with Gasteiger partial charge in [-0.25, -0.2) is 15.0 Å². The number of furan rings is 1. The number of hydrogen-bond donors (Lipinski definition) is 0. The van der Waals surface area contributed by atoms with Crippen molar-refractivity contribution in [2.45, 2.75) is 0 Å². The normalized spacial score (nSPS) is 11.4. The van der Waals surface area contributed by atoms with Gasteiger partial charge < -0.3 is 4.42 Å². The summed E-state index contributed by atoms with van der Waals surface area (Å²) in [5.74, 6) is 1.85. The Bertz CT molecular complexity index is 2550. The fraction of sp³-hybridized carbons (Fsp3) is 0. The zero-order chi connectivity index (χ0) is 31.2. The van der Waals surface area contributed by atoms with Gasteiger partial charge in [0.1, 0.15) is 11.2 Å². The monoisotopic (exact) mass is 601 g/mol. The summed E-state index contributed by atoms with van der Waals surface area (Å²) in [5, 5.41) is 4.34. The zero-order valence-corrected chi connectivity index (χ0v) is 25.3. The summed E-state index contributed by atoms with van der Waals surface area (Å²) in [7, 11) is 0. The molecule has 2 heterocycles. The van der Waals surface area contributed by atoms with Gasteiger partial charge in [-0.15, -0.1) is 0 Å². The van der Waals surface area contributed by atoms with Gasteiger partial charge in [0.2, 0.25) is 0 Å². The quantitative estimate of drug-likeness (QED) is 0.197. The van der Waals surface area contributed by atoms with E-state index < -0.39 is 0 Å². The van der Waals surface area contributed by atoms with Gasteiger partial charge in [-0.05, 0) is 51.2 Å². The Hall–Kier alpha value is -6.39. The van der Waals surface area contributed by atoms with Crippen molar-refractivity contribution >= 4 is 32.7 Å². The van der Waals surface area contributed by atoms with Gasteiger partial charge in [0, 0.05) is 27.5 Å². The van der Waals surface area contributed by atoms with Crippen LogP contribution in [0.25, 0.3) is 89.1 Å². The minimum Gasteiger partial charge on any atom is -0.456 e. The van der Waals surface area contributed by atoms with Crippen molar-refractivity contribution in [3.63, 3.8) is 0 Å². The molecule has 0 atom stereocenters. The lowest BCUT2D eigenvalue weighted by molar-refractivity contribution is 0.669. The number of fused-ring (bicyclic) bond motifs is 4. The average Bonchev–Trinajstić information content (AvgIpc) is 3.55. The standard InChI is InChI=1S/C43H27N3O/c1-3-11-28(12-4-1)30-21-24-31(25-22-30)35-17-9-19-37-39(35)40-36(18-10-20-38(40)47-37)43-45-41(32-14-5-2-6-15-32)44-42(46-43)34-26-23-29-13-7-8-16-33(29)27-34/h1-27H. The first-order valence-electron chi connectivity index (χ1n) is 15.7. The first-order valence-corrected chi connectivity index (χ1v) is 15.7. The Balaban J connectivity index is 1.26. The molecule has 0 amide bonds. The molecule has 9 rings (SSSR count). The van der Waals surface area contributed by atoms with Crippen molar-refractivity contribution in [2.24, 2.45) is 0 Å². The minimum atomic E-state index is 0.601. The number of hydrogen-bond acceptors (Lipinski definition) is 4. The van der Waals surface area contributed by atoms with Crippen molar-refractivity contribution in [3.8, 4) is 56.4 Å². The number of benzene rings is 7. The first kappa shape index (κ1) is 27.0. The summed E-state index contributed by atoms with van der Waals surface area (Å²) in [5.41, 5.74) is 8.97. The summed E-state index contributed by atoms with van der Waals surface area (Å²) < 4.78 is 6.48. The highest BCUT2D eigenvalue weighted by Gasteiger charge is 2.20. The van der Waals surface area contributed by atoms with E-state index in [0.717, 1.165) is 55.1 Å². The van der Waals surface area contributed by atoms with E-state index in [4.69, 9.17) is 19.4 Å². The maximum Gasteiger partial charge on any atom is 0.164 e. The molecular weight excluding hydrogens is 574 g/mol. The molecule has 220 valence electrons. The highest BCUT2D eigenvalue weighted by atomic mass is 16.3. The summed E-state index contributed by atoms with van der Waals surface area (Å²) in [6, 6.07) is 56.3. The lowest BCUT2D eigenvalue weighted by Gasteiger charge is -2.11. The van der Waals surface area contributed by atoms with Crippen molar-refractivity contribution in [3.05, 3.63) is 164 Å². The molecule has 0 fully saturated rings. The Kier molecular flexibility index (Phi) is 6.43. The molecule has 0 aliphatic rings. The molecule has 0 N–H and O–H groups in total. The van der Waals surface area contributed by atoms with E-state index in [1.165, 1.54) is 16.5 Å². The fourth-order valence-electron chi connectivity index (χ4n) is 6.44. The Labute approximate surface area is 271 Å². The van der Waals surface area contributed by atoms with Crippen LogP contribution in [-0.2, 0) is 0 Å². The summed E-state index contributed by atoms with van der Waals surface area (Å²) in [4.78, 5) is 15.2. The van der Waals surface area contributed by atoms with Crippen LogP contribution in [0.5, 0.6) is 0 Å². The highest BCUT2D eigenvalue weighted by Crippen LogP contribution is 2.41. The molecule has 7 aromatic carbocycles. The Morgan fingerprint density at radius 2 is 0.830 bits per heavy atom. The average molecular weight is 602 g/mol. The molecule has 2 aromatic heterocycles. The van der Waals surface area contributed by atoms with Gasteiger partial charge in [-0.3, -0.25) is 0 Å². The van der Waals surface area contributed by atoms with E-state index in [1.54, 1.807) is 0 Å². The van der Waals surface area contributed by atoms with Crippen LogP contribution < -0.4 is 0 Å². The smallest absolute Gasteiger partial charge is 0.164 e. The molecule has 0 radical (unpaired) electrons. The number of rotatable bonds is 5. The fourth-order valence-corrected chi connectivity index (χ4v) is 6.44. The third kappa shape index (κ3) is 4.84. The molecule has 0 bridgehead atoms. The van der Waals surface area contributed by atoms with Crippen LogP contribution in [-0.4, -0.2) is 15.0 Å². The van der Waals surface area contributed by atoms with Gasteiger partial charge >= 0.3 is 0 Å². The van der Waals surface area contributed by atoms with Crippen LogP contribution in [0.4, 0.5) is 0 Å². The second-order valence-corrected chi connectivity index (χ2v) is 11.6. The van der Waals surface area contributed by atoms with Gasteiger partial charge in [0.15, 0.2) is 17.5 Å². The zero-order valence-electron chi connectivity index (χ0n) is 25.3. The second kappa shape index (κ2) is 11.2. The molecule has 9 aromatic rings. The lowest BCUT2D eigenvalue weighted by atomic mass is 9.95. The maximum atomic E-state index is 6.48. The van der Waals surface area contributed by atoms with Crippen LogP contribution in [0.3, 0.4) is 0 Å². The topological polar surface area (TPSA) is 51.8 Å². The molecule has 0 saturated carbocycles. The molecule has 0 aliphatic carbocycles. The second-order valence-electron chi connectivity index (χ2n) is 11.6. The van der Waals surface area contributed by atoms with Gasteiger partial charge in [0.05, 0.1) is 0 Å². The molecule has 47 heavy (non-hydrogen) atoms. The van der Waals surface area contributed by atoms with Crippen LogP contribution >= 0.6 is 0 Å². The van der Waals surface area contributed by atoms with E-state index in [9.17, 15) is 0 Å². The van der Waals surface area contributed by atoms with Crippen LogP contribution in [0.1, 0.15) is 0 Å². The van der Waals surface area contributed by atoms with Crippen LogP contribution in [0.2, 0.25) is 0 Å². The van der Waals surface area contributed by atoms with E-state index in [2.05, 4.69) is 109 Å². The first-order chi connectivity index (χ1) is 23.3. The predicted molar refractivity (Wildman–Crippen MR) is 192 cm³/mol. The van der Waals surface area contributed by atoms with Crippen molar-refractivity contribution in [1.29, 1.82) is 0 Å². The van der Waals surface area contributed by atoms with E-state index in [0.29, 0.717) is 17.5 Å². The van der Waals surface area contributed by atoms with Crippen molar-refractivity contribution < 1.29 is 4.42 Å². The number of nitrogens with zero attached hydrogens (tertiary/aromatic N) is 3. The minimum absolute atomic E-state index is 0.601. The van der Waals surface area contributed by atoms with Crippen LogP contribution in [0, 0.1) is 0 Å². The Morgan fingerprint density at radius 3 is 1.55 bits per heavy atom. The molecule has 0 saturated heterocycles. The third-order valence-electron chi connectivity index (χ3n) is 8.74. The number of aromatic nitrogens is 3. The molecule has 0 aliphatic heterocycles. The molecule has 4 heteroatoms. The molecular formula is C43H27N3O. The lowest BCUT2D eigenvalue weighted by Crippen LogP contribution is -2.00. The van der Waals surface area contributed by atoms with Crippen molar-refractivity contribution in [1.82, 2.24) is 15.0 Å². The van der Waals surface area contributed by atoms with Gasteiger partial charge in [-0.1, -0.05) is 146 Å². The highest BCUT2D eigenvalue weighted by molar-refractivity contribution is 6.17. The summed E-state index contributed by atoms with van der Waals surface area (Å²) in [6.45, 7) is 0. The third-order valence-corrected chi connectivity index (χ3v) is 8.74. The van der Waals surface area contributed by atoms with E-state index in [-0.39, 0.29) is 0 Å². The SMILES string of the molecule is c1ccc(-c2ccc(-c3cccc4oc5cccc(-c6nc(-c7ccccc7)nc(-c7ccc8ccccc8c7)n6)c5c34)cc2)cc1. The molecule has 4 nitrogen and oxygen atoms in total. The van der Waals surface area contributed by atoms with E-state index in [1.807, 2.05) is 54.6 Å². The Morgan fingerprint density at radius 1 is 0.319 bits per heavy atom. The van der Waals surface area contributed by atoms with Gasteiger partial charge in [-0.2, -0.15) is 0 Å². The molecule has 0 spiro atoms. The largest absolute Gasteiger partial charge is 0.456 e. The summed E-state index contributed by atoms with van der Waals surface area (Å²) in [6.07, 6.45) is 0. The van der Waals surface area contributed by atoms with Gasteiger partial charge in [0.25, 0.3) is 0 Å². The van der Waals surface area contributed by atoms with E-state index >= 15 is 0 Å². The predicted octanol–water partition coefficient (Wildman–Crippen LogP) is 11.3. The summed E-state index contributed by atoms with van der Waals surface area (Å²) >= 11 is 0. The van der Waals surface area contributed by atoms with Crippen LogP contribution in [0.15, 0.2) is 168 Å². The molecule has 0 unspecified atom stereocenters.